The molecule has 2 nitrogen and oxygen atoms in total. The zero-order valence-electron chi connectivity index (χ0n) is 34.9. The first-order chi connectivity index (χ1) is 26.9. The van der Waals surface area contributed by atoms with Gasteiger partial charge in [0.15, 0.2) is 19.5 Å². The van der Waals surface area contributed by atoms with E-state index in [0.717, 1.165) is 19.4 Å². The largest absolute Gasteiger partial charge is 0.312 e. The lowest BCUT2D eigenvalue weighted by Crippen LogP contribution is -2.45. The van der Waals surface area contributed by atoms with Gasteiger partial charge in [-0.3, -0.25) is 0 Å². The van der Waals surface area contributed by atoms with Gasteiger partial charge in [0.05, 0.1) is 11.3 Å². The molecule has 56 heavy (non-hydrogen) atoms. The Labute approximate surface area is 337 Å². The van der Waals surface area contributed by atoms with Crippen molar-refractivity contribution in [1.82, 2.24) is 0 Å². The van der Waals surface area contributed by atoms with Gasteiger partial charge in [0.25, 0.3) is 0 Å². The summed E-state index contributed by atoms with van der Waals surface area (Å²) in [4.78, 5) is 2.70. The highest BCUT2D eigenvalue weighted by Gasteiger charge is 2.47. The van der Waals surface area contributed by atoms with Gasteiger partial charge in [0, 0.05) is 29.1 Å². The van der Waals surface area contributed by atoms with Crippen LogP contribution in [0.1, 0.15) is 122 Å². The highest BCUT2D eigenvalue weighted by Crippen LogP contribution is 2.52. The fourth-order valence-corrected chi connectivity index (χ4v) is 11.7. The van der Waals surface area contributed by atoms with Crippen molar-refractivity contribution >= 4 is 53.5 Å². The van der Waals surface area contributed by atoms with E-state index in [1.54, 1.807) is 16.7 Å². The molecule has 0 amide bonds. The molecule has 4 unspecified atom stereocenters. The van der Waals surface area contributed by atoms with Crippen LogP contribution in [0.3, 0.4) is 0 Å². The third-order valence-electron chi connectivity index (χ3n) is 15.2. The van der Waals surface area contributed by atoms with E-state index in [1.807, 2.05) is 0 Å². The van der Waals surface area contributed by atoms with Crippen molar-refractivity contribution in [3.05, 3.63) is 129 Å². The number of rotatable bonds is 4. The van der Waals surface area contributed by atoms with Gasteiger partial charge < -0.3 is 4.90 Å². The first-order valence-electron chi connectivity index (χ1n) is 21.8. The van der Waals surface area contributed by atoms with Gasteiger partial charge in [-0.15, -0.1) is 5.73 Å². The lowest BCUT2D eigenvalue weighted by molar-refractivity contribution is -0.547. The Morgan fingerprint density at radius 2 is 1.70 bits per heavy atom. The Kier molecular flexibility index (Phi) is 8.44. The average Bonchev–Trinajstić information content (AvgIpc) is 3.82. The van der Waals surface area contributed by atoms with Crippen LogP contribution in [0.4, 0.5) is 11.4 Å². The maximum atomic E-state index is 3.42. The molecule has 2 aromatic rings. The van der Waals surface area contributed by atoms with Crippen LogP contribution in [0.2, 0.25) is 0 Å². The van der Waals surface area contributed by atoms with Crippen LogP contribution in [-0.4, -0.2) is 30.7 Å². The fourth-order valence-electron chi connectivity index (χ4n) is 11.7. The average molecular weight is 735 g/mol. The van der Waals surface area contributed by atoms with E-state index in [-0.39, 0.29) is 10.8 Å². The van der Waals surface area contributed by atoms with Crippen LogP contribution in [0.5, 0.6) is 0 Å². The predicted octanol–water partition coefficient (Wildman–Crippen LogP) is 11.6. The Balaban J connectivity index is 1.17. The molecule has 10 rings (SSSR count). The Bertz CT molecular complexity index is 2390. The quantitative estimate of drug-likeness (QED) is 0.147. The van der Waals surface area contributed by atoms with Crippen LogP contribution in [0.15, 0.2) is 107 Å². The maximum absolute atomic E-state index is 3.42. The van der Waals surface area contributed by atoms with E-state index in [4.69, 9.17) is 0 Å². The third kappa shape index (κ3) is 5.95. The zero-order valence-corrected chi connectivity index (χ0v) is 34.9. The summed E-state index contributed by atoms with van der Waals surface area (Å²) in [6.45, 7) is 18.4. The minimum Gasteiger partial charge on any atom is -0.312 e. The van der Waals surface area contributed by atoms with Crippen LogP contribution in [0.25, 0.3) is 17.7 Å². The summed E-state index contributed by atoms with van der Waals surface area (Å²) in [6.07, 6.45) is 37.2. The summed E-state index contributed by atoms with van der Waals surface area (Å²) in [5, 5.41) is 0. The summed E-state index contributed by atoms with van der Waals surface area (Å²) in [6, 6.07) is 10.2. The molecule has 6 aliphatic carbocycles. The van der Waals surface area contributed by atoms with Crippen molar-refractivity contribution in [2.75, 3.05) is 11.4 Å². The molecule has 0 N–H and O–H groups in total. The molecule has 1 saturated carbocycles. The number of nitrogens with zero attached hydrogens (tertiary/aromatic N) is 2. The lowest BCUT2D eigenvalue weighted by Gasteiger charge is -2.45. The molecule has 2 aromatic carbocycles. The molecular weight excluding hydrogens is 675 g/mol. The standard InChI is InChI=1S/C53H59BN2/c1-34-26-44(43-21-20-36-14-11-12-19-42(36)50(43)55-25-24-53(7,33-55)40-17-9-8-10-18-40)49-48(27-34)56(47-30-38-16-13-15-37(38)29-45(47)54-49)46-31-41-28-39(35(46)2)32-51(3,4)22-23-52(41,5)6/h8-9,11,14-17,20-21,26-27,29-31,33,39,42,50H,10,12,18-19,22-25,28,32H2,1-7H3/q+1. The predicted molar refractivity (Wildman–Crippen MR) is 240 cm³/mol. The molecule has 3 heteroatoms. The molecule has 8 aliphatic rings. The molecule has 2 heterocycles. The minimum absolute atomic E-state index is 0.105. The molecule has 1 fully saturated rings. The van der Waals surface area contributed by atoms with Gasteiger partial charge in [-0.05, 0) is 153 Å². The van der Waals surface area contributed by atoms with Crippen LogP contribution < -0.4 is 15.8 Å². The smallest absolute Gasteiger partial charge is 0.197 e. The first-order valence-corrected chi connectivity index (χ1v) is 21.8. The second-order valence-electron chi connectivity index (χ2n) is 20.1. The third-order valence-corrected chi connectivity index (χ3v) is 15.2. The molecule has 0 saturated heterocycles. The summed E-state index contributed by atoms with van der Waals surface area (Å²) in [5.41, 5.74) is 23.7. The summed E-state index contributed by atoms with van der Waals surface area (Å²) in [5.74, 6) is 1.02. The van der Waals surface area contributed by atoms with E-state index in [2.05, 4.69) is 162 Å². The molecule has 4 atom stereocenters. The Morgan fingerprint density at radius 3 is 2.52 bits per heavy atom. The van der Waals surface area contributed by atoms with Crippen molar-refractivity contribution in [3.8, 4) is 0 Å². The summed E-state index contributed by atoms with van der Waals surface area (Å²) >= 11 is 0. The summed E-state index contributed by atoms with van der Waals surface area (Å²) in [7, 11) is 2.54. The SMILES string of the molecule is CC1=C(N2c3cc4c(cc3[B]c3c(C5=CC=C6C=CCCC6C5[N+]5=CC(C)(C6=CC=CCC6)CC5)cc(C)cc32)C=C=C4)C=C2CC1CC(C)(C)CCC2(C)C. The van der Waals surface area contributed by atoms with Gasteiger partial charge in [0.2, 0.25) is 0 Å². The highest BCUT2D eigenvalue weighted by molar-refractivity contribution is 6.72. The molecule has 2 bridgehead atoms. The normalized spacial score (nSPS) is 29.2. The number of anilines is 2. The number of aryl methyl sites for hydroxylation is 1. The summed E-state index contributed by atoms with van der Waals surface area (Å²) < 4.78 is 2.78. The lowest BCUT2D eigenvalue weighted by atomic mass is 9.56. The molecule has 283 valence electrons. The number of benzene rings is 2. The van der Waals surface area contributed by atoms with E-state index >= 15 is 0 Å². The molecule has 1 radical (unpaired) electrons. The number of hydrogen-bond acceptors (Lipinski definition) is 1. The van der Waals surface area contributed by atoms with Gasteiger partial charge in [-0.25, -0.2) is 4.58 Å². The molecular formula is C53H59BN2+. The topological polar surface area (TPSA) is 6.25 Å². The van der Waals surface area contributed by atoms with Crippen molar-refractivity contribution in [1.29, 1.82) is 0 Å². The first kappa shape index (κ1) is 36.0. The van der Waals surface area contributed by atoms with Gasteiger partial charge in [-0.2, -0.15) is 0 Å². The van der Waals surface area contributed by atoms with Gasteiger partial charge in [0.1, 0.15) is 6.54 Å². The van der Waals surface area contributed by atoms with Crippen LogP contribution in [0, 0.1) is 35.0 Å². The van der Waals surface area contributed by atoms with Crippen molar-refractivity contribution < 1.29 is 4.58 Å². The van der Waals surface area contributed by atoms with Gasteiger partial charge in [-0.1, -0.05) is 104 Å². The molecule has 2 aliphatic heterocycles. The van der Waals surface area contributed by atoms with E-state index in [9.17, 15) is 0 Å². The van der Waals surface area contributed by atoms with Crippen LogP contribution >= 0.6 is 0 Å². The van der Waals surface area contributed by atoms with E-state index in [1.165, 1.54) is 106 Å². The number of fused-ring (bicyclic) bond motifs is 6. The second-order valence-corrected chi connectivity index (χ2v) is 20.1. The maximum Gasteiger partial charge on any atom is 0.197 e. The molecule has 0 aromatic heterocycles. The Morgan fingerprint density at radius 1 is 0.857 bits per heavy atom. The van der Waals surface area contributed by atoms with Crippen molar-refractivity contribution in [2.24, 2.45) is 28.1 Å². The highest BCUT2D eigenvalue weighted by atomic mass is 15.2. The number of hydrogen-bond donors (Lipinski definition) is 0. The monoisotopic (exact) mass is 734 g/mol. The zero-order chi connectivity index (χ0) is 38.6. The minimum atomic E-state index is 0.105. The second kappa shape index (κ2) is 13.1. The van der Waals surface area contributed by atoms with Crippen LogP contribution in [-0.2, 0) is 0 Å². The number of allylic oxidation sites excluding steroid dienone is 11. The van der Waals surface area contributed by atoms with Crippen molar-refractivity contribution in [3.63, 3.8) is 0 Å². The van der Waals surface area contributed by atoms with E-state index in [0.29, 0.717) is 23.3 Å². The van der Waals surface area contributed by atoms with Gasteiger partial charge >= 0.3 is 0 Å². The van der Waals surface area contributed by atoms with E-state index < -0.39 is 0 Å². The molecule has 0 spiro atoms. The van der Waals surface area contributed by atoms with Crippen molar-refractivity contribution in [2.45, 2.75) is 112 Å². The Hall–Kier alpha value is -4.33. The fraction of sp³-hybridized carbons (Fsp3) is 0.434.